The van der Waals surface area contributed by atoms with Crippen molar-refractivity contribution in [3.8, 4) is 5.75 Å². The van der Waals surface area contributed by atoms with Crippen molar-refractivity contribution in [1.82, 2.24) is 4.90 Å². The van der Waals surface area contributed by atoms with Gasteiger partial charge < -0.3 is 24.7 Å². The van der Waals surface area contributed by atoms with Gasteiger partial charge in [0.05, 0.1) is 23.7 Å². The Balaban J connectivity index is 3.03. The van der Waals surface area contributed by atoms with Crippen molar-refractivity contribution in [2.24, 2.45) is 0 Å². The molecule has 2 N–H and O–H groups in total. The third kappa shape index (κ3) is 3.34. The Hall–Kier alpha value is -2.96. The van der Waals surface area contributed by atoms with Gasteiger partial charge in [0.25, 0.3) is 0 Å². The predicted octanol–water partition coefficient (Wildman–Crippen LogP) is 3.46. The van der Waals surface area contributed by atoms with Crippen LogP contribution in [0.15, 0.2) is 40.7 Å². The van der Waals surface area contributed by atoms with E-state index < -0.39 is 17.4 Å². The van der Waals surface area contributed by atoms with Crippen molar-refractivity contribution in [3.63, 3.8) is 0 Å². The fourth-order valence-electron chi connectivity index (χ4n) is 4.54. The lowest BCUT2D eigenvalue weighted by molar-refractivity contribution is -0.134. The molecule has 0 aromatic heterocycles. The fraction of sp³-hybridized carbons (Fsp3) is 0.455. The van der Waals surface area contributed by atoms with Crippen LogP contribution in [0.5, 0.6) is 5.75 Å². The quantitative estimate of drug-likeness (QED) is 0.722. The van der Waals surface area contributed by atoms with Crippen LogP contribution in [0, 0.1) is 0 Å². The number of aliphatic carboxylic acids is 2. The summed E-state index contributed by atoms with van der Waals surface area (Å²) < 4.78 is 5.62. The minimum absolute atomic E-state index is 0.0701. The molecule has 1 aliphatic rings. The third-order valence-corrected chi connectivity index (χ3v) is 5.82. The molecule has 0 saturated heterocycles. The summed E-state index contributed by atoms with van der Waals surface area (Å²) in [6.07, 6.45) is 0.264. The van der Waals surface area contributed by atoms with Gasteiger partial charge in [-0.15, -0.1) is 0 Å². The van der Waals surface area contributed by atoms with Gasteiger partial charge >= 0.3 is 11.9 Å². The topological polar surface area (TPSA) is 90.3 Å². The number of benzene rings is 1. The maximum absolute atomic E-state index is 12.5. The standard InChI is InChI=1S/C22H30N2O5/c1-8-22(16-11-10-15(23(5)6)12-17(16)29-7)18(20(25)26)13(3)24(9-2)14(4)19(22)21(27)28/h10-12H,8-9H2,1-7H3,(H,25,26)(H,27,28). The number of carboxylic acid groups (broad SMARTS) is 2. The maximum atomic E-state index is 12.5. The Kier molecular flexibility index (Phi) is 6.30. The van der Waals surface area contributed by atoms with Crippen molar-refractivity contribution < 1.29 is 24.5 Å². The molecular formula is C22H30N2O5. The van der Waals surface area contributed by atoms with Crippen LogP contribution in [0.25, 0.3) is 0 Å². The summed E-state index contributed by atoms with van der Waals surface area (Å²) >= 11 is 0. The van der Waals surface area contributed by atoms with Crippen LogP contribution in [0.3, 0.4) is 0 Å². The monoisotopic (exact) mass is 402 g/mol. The Morgan fingerprint density at radius 2 is 1.59 bits per heavy atom. The highest BCUT2D eigenvalue weighted by atomic mass is 16.5. The maximum Gasteiger partial charge on any atom is 0.334 e. The summed E-state index contributed by atoms with van der Waals surface area (Å²) in [6, 6.07) is 5.44. The van der Waals surface area contributed by atoms with E-state index >= 15 is 0 Å². The number of rotatable bonds is 7. The second kappa shape index (κ2) is 8.19. The number of hydrogen-bond donors (Lipinski definition) is 2. The average molecular weight is 402 g/mol. The fourth-order valence-corrected chi connectivity index (χ4v) is 4.54. The van der Waals surface area contributed by atoms with E-state index in [9.17, 15) is 19.8 Å². The minimum atomic E-state index is -1.34. The summed E-state index contributed by atoms with van der Waals surface area (Å²) in [6.45, 7) is 7.63. The van der Waals surface area contributed by atoms with Crippen molar-refractivity contribution in [2.45, 2.75) is 39.5 Å². The summed E-state index contributed by atoms with van der Waals surface area (Å²) in [5, 5.41) is 20.4. The minimum Gasteiger partial charge on any atom is -0.496 e. The molecule has 7 heteroatoms. The summed E-state index contributed by atoms with van der Waals surface area (Å²) in [4.78, 5) is 28.6. The van der Waals surface area contributed by atoms with E-state index in [2.05, 4.69) is 0 Å². The van der Waals surface area contributed by atoms with Gasteiger partial charge in [-0.1, -0.05) is 13.0 Å². The summed E-state index contributed by atoms with van der Waals surface area (Å²) in [5.41, 5.74) is 1.30. The van der Waals surface area contributed by atoms with Crippen LogP contribution in [-0.4, -0.2) is 54.8 Å². The largest absolute Gasteiger partial charge is 0.496 e. The number of nitrogens with zero attached hydrogens (tertiary/aromatic N) is 2. The molecule has 0 radical (unpaired) electrons. The molecule has 1 aromatic rings. The van der Waals surface area contributed by atoms with Gasteiger partial charge in [-0.2, -0.15) is 0 Å². The molecule has 29 heavy (non-hydrogen) atoms. The Bertz CT molecular complexity index is 860. The van der Waals surface area contributed by atoms with E-state index in [1.807, 2.05) is 45.0 Å². The van der Waals surface area contributed by atoms with Crippen molar-refractivity contribution in [2.75, 3.05) is 32.6 Å². The zero-order valence-corrected chi connectivity index (χ0v) is 18.2. The van der Waals surface area contributed by atoms with Crippen LogP contribution < -0.4 is 9.64 Å². The van der Waals surface area contributed by atoms with E-state index in [4.69, 9.17) is 4.74 Å². The van der Waals surface area contributed by atoms with Crippen molar-refractivity contribution >= 4 is 17.6 Å². The molecule has 0 aliphatic carbocycles. The van der Waals surface area contributed by atoms with Crippen LogP contribution in [0.1, 0.15) is 39.7 Å². The molecule has 0 fully saturated rings. The van der Waals surface area contributed by atoms with Gasteiger partial charge in [0.2, 0.25) is 0 Å². The normalized spacial score (nSPS) is 16.2. The lowest BCUT2D eigenvalue weighted by atomic mass is 9.63. The number of carboxylic acids is 2. The SMILES string of the molecule is CCN1C(C)=C(C(=O)O)C(CC)(c2ccc(N(C)C)cc2OC)C(C(=O)O)=C1C. The summed E-state index contributed by atoms with van der Waals surface area (Å²) in [7, 11) is 5.29. The Morgan fingerprint density at radius 1 is 1.07 bits per heavy atom. The molecule has 0 unspecified atom stereocenters. The zero-order valence-electron chi connectivity index (χ0n) is 18.2. The average Bonchev–Trinajstić information content (AvgIpc) is 2.66. The first kappa shape index (κ1) is 22.3. The van der Waals surface area contributed by atoms with Gasteiger partial charge in [-0.25, -0.2) is 9.59 Å². The number of hydrogen-bond acceptors (Lipinski definition) is 5. The first-order valence-corrected chi connectivity index (χ1v) is 9.61. The molecule has 0 spiro atoms. The Labute approximate surface area is 171 Å². The zero-order chi connectivity index (χ0) is 22.1. The molecule has 0 saturated carbocycles. The van der Waals surface area contributed by atoms with E-state index in [-0.39, 0.29) is 17.6 Å². The van der Waals surface area contributed by atoms with E-state index in [1.54, 1.807) is 24.8 Å². The van der Waals surface area contributed by atoms with E-state index in [0.29, 0.717) is 29.3 Å². The predicted molar refractivity (Wildman–Crippen MR) is 112 cm³/mol. The smallest absolute Gasteiger partial charge is 0.334 e. The second-order valence-electron chi connectivity index (χ2n) is 7.31. The molecule has 2 rings (SSSR count). The van der Waals surface area contributed by atoms with Crippen molar-refractivity contribution in [1.29, 1.82) is 0 Å². The van der Waals surface area contributed by atoms with Gasteiger partial charge in [0.15, 0.2) is 0 Å². The molecule has 0 bridgehead atoms. The lowest BCUT2D eigenvalue weighted by Gasteiger charge is -2.44. The molecule has 1 heterocycles. The molecule has 0 atom stereocenters. The summed E-state index contributed by atoms with van der Waals surface area (Å²) in [5.74, 6) is -1.80. The first-order valence-electron chi connectivity index (χ1n) is 9.61. The number of allylic oxidation sites excluding steroid dienone is 2. The second-order valence-corrected chi connectivity index (χ2v) is 7.31. The molecule has 1 aromatic carbocycles. The van der Waals surface area contributed by atoms with Crippen LogP contribution in [-0.2, 0) is 15.0 Å². The molecule has 158 valence electrons. The van der Waals surface area contributed by atoms with Crippen LogP contribution in [0.2, 0.25) is 0 Å². The third-order valence-electron chi connectivity index (χ3n) is 5.82. The van der Waals surface area contributed by atoms with Gasteiger partial charge in [0.1, 0.15) is 5.75 Å². The Morgan fingerprint density at radius 3 is 1.93 bits per heavy atom. The van der Waals surface area contributed by atoms with E-state index in [1.165, 1.54) is 7.11 Å². The van der Waals surface area contributed by atoms with Gasteiger partial charge in [-0.05, 0) is 33.3 Å². The highest BCUT2D eigenvalue weighted by molar-refractivity contribution is 6.01. The molecular weight excluding hydrogens is 372 g/mol. The number of carbonyl (C=O) groups is 2. The highest BCUT2D eigenvalue weighted by Gasteiger charge is 2.51. The number of anilines is 1. The van der Waals surface area contributed by atoms with Gasteiger partial charge in [0, 0.05) is 49.4 Å². The van der Waals surface area contributed by atoms with Crippen molar-refractivity contribution in [3.05, 3.63) is 46.3 Å². The van der Waals surface area contributed by atoms with E-state index in [0.717, 1.165) is 5.69 Å². The van der Waals surface area contributed by atoms with Crippen LogP contribution in [0.4, 0.5) is 5.69 Å². The number of ether oxygens (including phenoxy) is 1. The molecule has 7 nitrogen and oxygen atoms in total. The molecule has 0 amide bonds. The number of methoxy groups -OCH3 is 1. The van der Waals surface area contributed by atoms with Crippen LogP contribution >= 0.6 is 0 Å². The van der Waals surface area contributed by atoms with Gasteiger partial charge in [-0.3, -0.25) is 0 Å². The molecule has 1 aliphatic heterocycles. The lowest BCUT2D eigenvalue weighted by Crippen LogP contribution is -2.45. The highest BCUT2D eigenvalue weighted by Crippen LogP contribution is 2.52. The first-order chi connectivity index (χ1) is 13.6.